The molecule has 46 heavy (non-hydrogen) atoms. The number of imidazole rings is 1. The van der Waals surface area contributed by atoms with Crippen molar-refractivity contribution in [3.63, 3.8) is 0 Å². The maximum absolute atomic E-state index is 15.8. The molecule has 1 aliphatic heterocycles. The lowest BCUT2D eigenvalue weighted by Crippen LogP contribution is -2.31. The van der Waals surface area contributed by atoms with E-state index in [9.17, 15) is 18.4 Å². The maximum atomic E-state index is 15.8. The Labute approximate surface area is 261 Å². The van der Waals surface area contributed by atoms with E-state index < -0.39 is 29.4 Å². The van der Waals surface area contributed by atoms with Gasteiger partial charge in [0.15, 0.2) is 0 Å². The smallest absolute Gasteiger partial charge is 0.299 e. The van der Waals surface area contributed by atoms with Gasteiger partial charge >= 0.3 is 0 Å². The van der Waals surface area contributed by atoms with E-state index in [4.69, 9.17) is 10.7 Å². The van der Waals surface area contributed by atoms with Crippen molar-refractivity contribution < 1.29 is 22.8 Å². The number of fused-ring (bicyclic) bond motifs is 1. The molecule has 5 aromatic rings. The highest BCUT2D eigenvalue weighted by Gasteiger charge is 2.54. The number of nitrogens with zero attached hydrogens (tertiary/aromatic N) is 5. The number of rotatable bonds is 5. The molecule has 12 heteroatoms. The van der Waals surface area contributed by atoms with Gasteiger partial charge in [0.2, 0.25) is 0 Å². The average Bonchev–Trinajstić information content (AvgIpc) is 3.51. The van der Waals surface area contributed by atoms with Gasteiger partial charge in [-0.3, -0.25) is 14.0 Å². The molecule has 0 unspecified atom stereocenters. The summed E-state index contributed by atoms with van der Waals surface area (Å²) in [6, 6.07) is 9.70. The first-order valence-corrected chi connectivity index (χ1v) is 14.5. The van der Waals surface area contributed by atoms with Gasteiger partial charge in [0, 0.05) is 47.9 Å². The Morgan fingerprint density at radius 2 is 1.78 bits per heavy atom. The molecule has 1 aliphatic carbocycles. The van der Waals surface area contributed by atoms with Gasteiger partial charge in [-0.1, -0.05) is 5.92 Å². The van der Waals surface area contributed by atoms with Crippen LogP contribution in [0, 0.1) is 34.7 Å². The quantitative estimate of drug-likeness (QED) is 0.240. The molecule has 3 aromatic heterocycles. The molecule has 2 aliphatic rings. The molecule has 7 rings (SSSR count). The van der Waals surface area contributed by atoms with Gasteiger partial charge in [0.1, 0.15) is 46.1 Å². The predicted octanol–water partition coefficient (Wildman–Crippen LogP) is 5.79. The Balaban J connectivity index is 1.20. The highest BCUT2D eigenvalue weighted by molar-refractivity contribution is 6.04. The van der Waals surface area contributed by atoms with Crippen LogP contribution in [0.5, 0.6) is 0 Å². The number of benzene rings is 2. The summed E-state index contributed by atoms with van der Waals surface area (Å²) in [6.07, 6.45) is 7.30. The number of amides is 2. The first-order chi connectivity index (χ1) is 22.2. The van der Waals surface area contributed by atoms with Gasteiger partial charge in [0.05, 0.1) is 6.04 Å². The zero-order valence-corrected chi connectivity index (χ0v) is 24.5. The Bertz CT molecular complexity index is 2130. The normalized spacial score (nSPS) is 16.3. The monoisotopic (exact) mass is 621 g/mol. The molecule has 0 radical (unpaired) electrons. The summed E-state index contributed by atoms with van der Waals surface area (Å²) in [6.45, 7) is 2.19. The molecule has 1 spiro atoms. The maximum Gasteiger partial charge on any atom is 0.299 e. The summed E-state index contributed by atoms with van der Waals surface area (Å²) in [5, 5.41) is 2.59. The fourth-order valence-corrected chi connectivity index (χ4v) is 6.16. The topological polar surface area (TPSA) is 119 Å². The van der Waals surface area contributed by atoms with E-state index in [2.05, 4.69) is 27.1 Å². The van der Waals surface area contributed by atoms with Gasteiger partial charge in [-0.15, -0.1) is 0 Å². The van der Waals surface area contributed by atoms with E-state index in [1.807, 2.05) is 0 Å². The lowest BCUT2D eigenvalue weighted by molar-refractivity contribution is -0.126. The number of nitrogens with one attached hydrogen (secondary N) is 1. The van der Waals surface area contributed by atoms with Crippen LogP contribution in [0.4, 0.5) is 24.8 Å². The number of nitrogens with two attached hydrogens (primary N) is 1. The molecule has 4 heterocycles. The Morgan fingerprint density at radius 1 is 1.00 bits per heavy atom. The van der Waals surface area contributed by atoms with E-state index in [0.717, 1.165) is 31.0 Å². The third-order valence-corrected chi connectivity index (χ3v) is 8.60. The number of hydrogen-bond acceptors (Lipinski definition) is 6. The van der Waals surface area contributed by atoms with Gasteiger partial charge in [-0.2, -0.15) is 0 Å². The molecule has 3 N–H and O–H groups in total. The molecule has 9 nitrogen and oxygen atoms in total. The number of nitrogen functional groups attached to an aromatic ring is 1. The molecular formula is C34H26F3N7O2. The first-order valence-electron chi connectivity index (χ1n) is 14.5. The predicted molar refractivity (Wildman–Crippen MR) is 165 cm³/mol. The summed E-state index contributed by atoms with van der Waals surface area (Å²) in [5.41, 5.74) is 7.52. The fraction of sp³-hybridized carbons (Fsp3) is 0.206. The molecule has 2 amide bonds. The van der Waals surface area contributed by atoms with E-state index in [-0.39, 0.29) is 45.3 Å². The van der Waals surface area contributed by atoms with E-state index in [1.165, 1.54) is 42.7 Å². The van der Waals surface area contributed by atoms with Crippen LogP contribution in [-0.2, 0) is 4.79 Å². The van der Waals surface area contributed by atoms with E-state index in [0.29, 0.717) is 29.9 Å². The largest absolute Gasteiger partial charge is 0.382 e. The van der Waals surface area contributed by atoms with Crippen molar-refractivity contribution in [2.75, 3.05) is 17.6 Å². The lowest BCUT2D eigenvalue weighted by Gasteiger charge is -2.21. The van der Waals surface area contributed by atoms with Crippen LogP contribution in [0.25, 0.3) is 27.9 Å². The van der Waals surface area contributed by atoms with Gasteiger partial charge < -0.3 is 16.0 Å². The van der Waals surface area contributed by atoms with Gasteiger partial charge in [-0.25, -0.2) is 28.1 Å². The number of hydrogen-bond donors (Lipinski definition) is 2. The first kappa shape index (κ1) is 29.0. The SMILES string of the molecule is CC#CC(=O)N1CC2(CC2)C[C@H]1c1nc(-c2ccc(C(=O)Nc3cc(-c4ccc(F)cc4F)ccn3)cc2F)c2c(N)nccn12. The second kappa shape index (κ2) is 11.0. The van der Waals surface area contributed by atoms with E-state index >= 15 is 4.39 Å². The van der Waals surface area contributed by atoms with Crippen molar-refractivity contribution >= 4 is 29.0 Å². The molecule has 2 fully saturated rings. The van der Waals surface area contributed by atoms with Gasteiger partial charge in [0.25, 0.3) is 11.8 Å². The number of carbonyl (C=O) groups is 2. The summed E-state index contributed by atoms with van der Waals surface area (Å²) in [7, 11) is 0. The number of anilines is 2. The summed E-state index contributed by atoms with van der Waals surface area (Å²) in [4.78, 5) is 40.9. The molecular weight excluding hydrogens is 595 g/mol. The molecule has 1 saturated heterocycles. The average molecular weight is 622 g/mol. The summed E-state index contributed by atoms with van der Waals surface area (Å²) in [5.74, 6) is 2.92. The minimum absolute atomic E-state index is 0.00219. The van der Waals surface area contributed by atoms with Crippen molar-refractivity contribution in [3.8, 4) is 34.2 Å². The zero-order valence-electron chi connectivity index (χ0n) is 24.5. The minimum Gasteiger partial charge on any atom is -0.382 e. The van der Waals surface area contributed by atoms with Crippen LogP contribution in [0.2, 0.25) is 0 Å². The Kier molecular flexibility index (Phi) is 6.96. The van der Waals surface area contributed by atoms with Crippen LogP contribution >= 0.6 is 0 Å². The van der Waals surface area contributed by atoms with Crippen molar-refractivity contribution in [1.29, 1.82) is 0 Å². The van der Waals surface area contributed by atoms with Gasteiger partial charge in [-0.05, 0) is 85.5 Å². The number of aromatic nitrogens is 4. The van der Waals surface area contributed by atoms with Crippen LogP contribution in [0.3, 0.4) is 0 Å². The minimum atomic E-state index is -0.763. The molecule has 2 aromatic carbocycles. The molecule has 1 saturated carbocycles. The number of pyridine rings is 1. The highest BCUT2D eigenvalue weighted by Crippen LogP contribution is 2.58. The van der Waals surface area contributed by atoms with E-state index in [1.54, 1.807) is 22.4 Å². The summed E-state index contributed by atoms with van der Waals surface area (Å²) < 4.78 is 45.3. The van der Waals surface area contributed by atoms with Crippen LogP contribution in [0.15, 0.2) is 67.1 Å². The number of halogens is 3. The second-order valence-corrected chi connectivity index (χ2v) is 11.6. The second-order valence-electron chi connectivity index (χ2n) is 11.6. The van der Waals surface area contributed by atoms with Crippen LogP contribution in [0.1, 0.15) is 48.4 Å². The number of carbonyl (C=O) groups excluding carboxylic acids is 2. The summed E-state index contributed by atoms with van der Waals surface area (Å²) >= 11 is 0. The fourth-order valence-electron chi connectivity index (χ4n) is 6.16. The molecule has 230 valence electrons. The molecule has 0 bridgehead atoms. The number of likely N-dealkylation sites (tertiary alicyclic amines) is 1. The van der Waals surface area contributed by atoms with Crippen molar-refractivity contribution in [3.05, 3.63) is 96.0 Å². The van der Waals surface area contributed by atoms with Crippen molar-refractivity contribution in [1.82, 2.24) is 24.3 Å². The van der Waals surface area contributed by atoms with Crippen LogP contribution in [-0.4, -0.2) is 42.6 Å². The third kappa shape index (κ3) is 5.09. The molecule has 1 atom stereocenters. The van der Waals surface area contributed by atoms with Crippen molar-refractivity contribution in [2.45, 2.75) is 32.2 Å². The zero-order chi connectivity index (χ0) is 32.2. The highest BCUT2D eigenvalue weighted by atomic mass is 19.1. The third-order valence-electron chi connectivity index (χ3n) is 8.60. The van der Waals surface area contributed by atoms with Crippen LogP contribution < -0.4 is 11.1 Å². The standard InChI is InChI=1S/C34H26F3N7O2/c1-2-3-28(45)44-18-34(9-10-34)17-26(44)32-42-29(30-31(38)40-12-13-43(30)32)23-6-4-20(14-24(23)36)33(46)41-27-15-19(8-11-39-27)22-7-5-21(35)16-25(22)37/h4-8,11-16,26H,9-10,17-18H2,1H3,(H2,38,40)(H,39,41,46)/t26-/m0/s1. The lowest BCUT2D eigenvalue weighted by atomic mass is 10.0. The Morgan fingerprint density at radius 3 is 2.52 bits per heavy atom. The van der Waals surface area contributed by atoms with Crippen molar-refractivity contribution in [2.24, 2.45) is 5.41 Å². The Hall–Kier alpha value is -5.70.